The second-order valence-corrected chi connectivity index (χ2v) is 6.39. The van der Waals surface area contributed by atoms with Gasteiger partial charge in [-0.1, -0.05) is 20.3 Å². The van der Waals surface area contributed by atoms with Gasteiger partial charge in [0.15, 0.2) is 0 Å². The Hall–Kier alpha value is -1.14. The summed E-state index contributed by atoms with van der Waals surface area (Å²) in [5.41, 5.74) is -0.885. The first kappa shape index (κ1) is 15.9. The first-order chi connectivity index (χ1) is 8.85. The molecule has 0 aliphatic heterocycles. The van der Waals surface area contributed by atoms with E-state index in [1.807, 2.05) is 20.8 Å². The largest absolute Gasteiger partial charge is 0.388 e. The number of aryl methyl sites for hydroxylation is 1. The quantitative estimate of drug-likeness (QED) is 0.749. The van der Waals surface area contributed by atoms with Gasteiger partial charge in [0.1, 0.15) is 5.01 Å². The second-order valence-electron chi connectivity index (χ2n) is 5.07. The summed E-state index contributed by atoms with van der Waals surface area (Å²) < 4.78 is 0. The third-order valence-corrected chi connectivity index (χ3v) is 4.26. The van der Waals surface area contributed by atoms with Crippen LogP contribution in [-0.4, -0.2) is 28.3 Å². The van der Waals surface area contributed by atoms with Gasteiger partial charge in [-0.2, -0.15) is 0 Å². The lowest BCUT2D eigenvalue weighted by Gasteiger charge is -2.29. The molecule has 0 spiro atoms. The fraction of sp³-hybridized carbons (Fsp3) is 0.692. The van der Waals surface area contributed by atoms with Crippen molar-refractivity contribution in [2.45, 2.75) is 46.3 Å². The summed E-state index contributed by atoms with van der Waals surface area (Å²) in [6.07, 6.45) is 2.65. The number of thiazole rings is 1. The monoisotopic (exact) mass is 285 g/mol. The van der Waals surface area contributed by atoms with E-state index in [1.165, 1.54) is 0 Å². The third kappa shape index (κ3) is 5.16. The van der Waals surface area contributed by atoms with E-state index in [-0.39, 0.29) is 18.5 Å². The Bertz CT molecular complexity index is 418. The van der Waals surface area contributed by atoms with E-state index in [4.69, 9.17) is 0 Å². The van der Waals surface area contributed by atoms with Crippen molar-refractivity contribution < 1.29 is 9.90 Å². The van der Waals surface area contributed by atoms with Gasteiger partial charge in [-0.05, 0) is 19.8 Å². The zero-order valence-corrected chi connectivity index (χ0v) is 12.8. The minimum absolute atomic E-state index is 0.134. The molecular formula is C13H23N3O2S. The molecule has 0 aromatic carbocycles. The number of nitrogens with one attached hydrogen (secondary N) is 2. The summed E-state index contributed by atoms with van der Waals surface area (Å²) in [4.78, 5) is 16.9. The second kappa shape index (κ2) is 6.86. The Labute approximate surface area is 118 Å². The van der Waals surface area contributed by atoms with Crippen LogP contribution in [0.4, 0.5) is 4.79 Å². The predicted molar refractivity (Wildman–Crippen MR) is 77.2 cm³/mol. The fourth-order valence-electron chi connectivity index (χ4n) is 1.57. The van der Waals surface area contributed by atoms with Gasteiger partial charge < -0.3 is 15.7 Å². The maximum Gasteiger partial charge on any atom is 0.315 e. The van der Waals surface area contributed by atoms with Crippen LogP contribution in [0, 0.1) is 12.8 Å². The highest BCUT2D eigenvalue weighted by Gasteiger charge is 2.27. The Morgan fingerprint density at radius 3 is 2.79 bits per heavy atom. The van der Waals surface area contributed by atoms with Crippen molar-refractivity contribution in [3.05, 3.63) is 16.1 Å². The molecule has 1 aromatic rings. The molecule has 108 valence electrons. The number of hydrogen-bond acceptors (Lipinski definition) is 4. The van der Waals surface area contributed by atoms with Crippen molar-refractivity contribution in [1.29, 1.82) is 0 Å². The SMILES string of the molecule is CCC(C)C(C)(O)CNC(=O)NCc1ncc(C)s1. The van der Waals surface area contributed by atoms with Crippen LogP contribution < -0.4 is 10.6 Å². The molecule has 0 aliphatic rings. The maximum absolute atomic E-state index is 11.6. The summed E-state index contributed by atoms with van der Waals surface area (Å²) in [5, 5.41) is 16.5. The van der Waals surface area contributed by atoms with Crippen LogP contribution in [0.3, 0.4) is 0 Å². The Morgan fingerprint density at radius 2 is 2.26 bits per heavy atom. The van der Waals surface area contributed by atoms with Crippen LogP contribution in [0.25, 0.3) is 0 Å². The average molecular weight is 285 g/mol. The molecule has 2 amide bonds. The molecule has 0 fully saturated rings. The highest BCUT2D eigenvalue weighted by molar-refractivity contribution is 7.11. The lowest BCUT2D eigenvalue weighted by atomic mass is 9.89. The van der Waals surface area contributed by atoms with Crippen LogP contribution in [0.2, 0.25) is 0 Å². The van der Waals surface area contributed by atoms with Crippen LogP contribution in [-0.2, 0) is 6.54 Å². The molecule has 0 aliphatic carbocycles. The smallest absolute Gasteiger partial charge is 0.315 e. The minimum atomic E-state index is -0.885. The van der Waals surface area contributed by atoms with Crippen LogP contribution in [0.1, 0.15) is 37.1 Å². The van der Waals surface area contributed by atoms with E-state index in [0.29, 0.717) is 6.54 Å². The molecule has 0 saturated heterocycles. The molecule has 19 heavy (non-hydrogen) atoms. The van der Waals surface area contributed by atoms with E-state index < -0.39 is 5.60 Å². The molecule has 0 bridgehead atoms. The first-order valence-corrected chi connectivity index (χ1v) is 7.32. The Kier molecular flexibility index (Phi) is 5.75. The normalized spacial score (nSPS) is 15.6. The lowest BCUT2D eigenvalue weighted by molar-refractivity contribution is 0.00790. The van der Waals surface area contributed by atoms with E-state index >= 15 is 0 Å². The van der Waals surface area contributed by atoms with E-state index in [0.717, 1.165) is 16.3 Å². The van der Waals surface area contributed by atoms with Crippen molar-refractivity contribution in [3.63, 3.8) is 0 Å². The van der Waals surface area contributed by atoms with Crippen molar-refractivity contribution in [1.82, 2.24) is 15.6 Å². The average Bonchev–Trinajstić information content (AvgIpc) is 2.78. The molecule has 1 aromatic heterocycles. The number of carbonyl (C=O) groups excluding carboxylic acids is 1. The fourth-order valence-corrected chi connectivity index (χ4v) is 2.30. The van der Waals surface area contributed by atoms with Crippen molar-refractivity contribution in [2.75, 3.05) is 6.54 Å². The number of rotatable bonds is 6. The van der Waals surface area contributed by atoms with Crippen molar-refractivity contribution in [3.8, 4) is 0 Å². The molecule has 0 radical (unpaired) electrons. The van der Waals surface area contributed by atoms with E-state index in [2.05, 4.69) is 15.6 Å². The number of amides is 2. The number of urea groups is 1. The zero-order valence-electron chi connectivity index (χ0n) is 12.0. The number of aromatic nitrogens is 1. The maximum atomic E-state index is 11.6. The minimum Gasteiger partial charge on any atom is -0.388 e. The van der Waals surface area contributed by atoms with Gasteiger partial charge >= 0.3 is 6.03 Å². The molecule has 2 atom stereocenters. The van der Waals surface area contributed by atoms with E-state index in [9.17, 15) is 9.90 Å². The molecule has 2 unspecified atom stereocenters. The summed E-state index contributed by atoms with van der Waals surface area (Å²) in [7, 11) is 0. The van der Waals surface area contributed by atoms with Gasteiger partial charge in [0, 0.05) is 17.6 Å². The van der Waals surface area contributed by atoms with Gasteiger partial charge in [0.05, 0.1) is 12.1 Å². The third-order valence-electron chi connectivity index (χ3n) is 3.35. The van der Waals surface area contributed by atoms with Gasteiger partial charge in [-0.3, -0.25) is 0 Å². The topological polar surface area (TPSA) is 74.2 Å². The predicted octanol–water partition coefficient (Wildman–Crippen LogP) is 2.05. The summed E-state index contributed by atoms with van der Waals surface area (Å²) >= 11 is 1.56. The lowest BCUT2D eigenvalue weighted by Crippen LogP contribution is -2.47. The van der Waals surface area contributed by atoms with Gasteiger partial charge in [0.25, 0.3) is 0 Å². The number of aliphatic hydroxyl groups is 1. The Morgan fingerprint density at radius 1 is 1.58 bits per heavy atom. The van der Waals surface area contributed by atoms with Gasteiger partial charge in [0.2, 0.25) is 0 Å². The van der Waals surface area contributed by atoms with Crippen LogP contribution >= 0.6 is 11.3 Å². The molecular weight excluding hydrogens is 262 g/mol. The van der Waals surface area contributed by atoms with Gasteiger partial charge in [-0.25, -0.2) is 9.78 Å². The van der Waals surface area contributed by atoms with Crippen LogP contribution in [0.15, 0.2) is 6.20 Å². The number of nitrogens with zero attached hydrogens (tertiary/aromatic N) is 1. The summed E-state index contributed by atoms with van der Waals surface area (Å²) in [5.74, 6) is 0.134. The highest BCUT2D eigenvalue weighted by Crippen LogP contribution is 2.18. The molecule has 1 rings (SSSR count). The standard InChI is InChI=1S/C13H23N3O2S/c1-5-9(2)13(4,18)8-16-12(17)15-7-11-14-6-10(3)19-11/h6,9,18H,5,7-8H2,1-4H3,(H2,15,16,17). The van der Waals surface area contributed by atoms with E-state index in [1.54, 1.807) is 24.5 Å². The number of carbonyl (C=O) groups is 1. The highest BCUT2D eigenvalue weighted by atomic mass is 32.1. The van der Waals surface area contributed by atoms with Gasteiger partial charge in [-0.15, -0.1) is 11.3 Å². The zero-order chi connectivity index (χ0) is 14.5. The Balaban J connectivity index is 2.32. The summed E-state index contributed by atoms with van der Waals surface area (Å²) in [6.45, 7) is 8.36. The molecule has 0 saturated carbocycles. The first-order valence-electron chi connectivity index (χ1n) is 6.50. The molecule has 6 heteroatoms. The molecule has 5 nitrogen and oxygen atoms in total. The number of hydrogen-bond donors (Lipinski definition) is 3. The van der Waals surface area contributed by atoms with Crippen LogP contribution in [0.5, 0.6) is 0 Å². The van der Waals surface area contributed by atoms with Crippen molar-refractivity contribution in [2.24, 2.45) is 5.92 Å². The molecule has 3 N–H and O–H groups in total. The van der Waals surface area contributed by atoms with Crippen molar-refractivity contribution >= 4 is 17.4 Å². The summed E-state index contributed by atoms with van der Waals surface area (Å²) in [6, 6.07) is -0.281. The molecule has 1 heterocycles.